The van der Waals surface area contributed by atoms with Gasteiger partial charge in [-0.25, -0.2) is 4.68 Å². The molecule has 2 saturated heterocycles. The van der Waals surface area contributed by atoms with Crippen molar-refractivity contribution < 1.29 is 14.4 Å². The van der Waals surface area contributed by atoms with Gasteiger partial charge in [0.1, 0.15) is 11.6 Å². The van der Waals surface area contributed by atoms with Gasteiger partial charge in [-0.3, -0.25) is 19.1 Å². The predicted molar refractivity (Wildman–Crippen MR) is 144 cm³/mol. The molecule has 3 atom stereocenters. The summed E-state index contributed by atoms with van der Waals surface area (Å²) in [5.74, 6) is -0.358. The third-order valence-electron chi connectivity index (χ3n) is 7.98. The number of nitrogens with two attached hydrogens (primary N) is 1. The van der Waals surface area contributed by atoms with Crippen molar-refractivity contribution in [3.63, 3.8) is 0 Å². The van der Waals surface area contributed by atoms with Crippen molar-refractivity contribution in [1.29, 1.82) is 0 Å². The van der Waals surface area contributed by atoms with Crippen molar-refractivity contribution in [2.24, 2.45) is 25.7 Å². The van der Waals surface area contributed by atoms with Crippen molar-refractivity contribution >= 4 is 28.8 Å². The SMILES string of the molecule is Cn1nccc1CC1CC(C(=O)NCc2ccc3c(c2)nnn3C)N(C(=O)C(N)CCC(=O)N2CCCC2)C1. The highest BCUT2D eigenvalue weighted by molar-refractivity contribution is 5.90. The molecular formula is C27H37N9O3. The number of hydrogen-bond acceptors (Lipinski definition) is 7. The van der Waals surface area contributed by atoms with Crippen LogP contribution in [0.3, 0.4) is 0 Å². The van der Waals surface area contributed by atoms with E-state index in [9.17, 15) is 14.4 Å². The van der Waals surface area contributed by atoms with Crippen LogP contribution in [0.1, 0.15) is 43.4 Å². The first-order valence-electron chi connectivity index (χ1n) is 13.7. The number of rotatable bonds is 9. The highest BCUT2D eigenvalue weighted by Crippen LogP contribution is 2.28. The van der Waals surface area contributed by atoms with Crippen molar-refractivity contribution in [2.45, 2.75) is 57.2 Å². The van der Waals surface area contributed by atoms with Gasteiger partial charge in [0.25, 0.3) is 0 Å². The quantitative estimate of drug-likeness (QED) is 0.406. The van der Waals surface area contributed by atoms with Gasteiger partial charge in [0.15, 0.2) is 0 Å². The molecule has 3 amide bonds. The lowest BCUT2D eigenvalue weighted by Gasteiger charge is -2.27. The Kier molecular flexibility index (Phi) is 7.92. The second kappa shape index (κ2) is 11.5. The maximum Gasteiger partial charge on any atom is 0.243 e. The van der Waals surface area contributed by atoms with Crippen LogP contribution in [0.4, 0.5) is 0 Å². The van der Waals surface area contributed by atoms with E-state index in [4.69, 9.17) is 5.73 Å². The van der Waals surface area contributed by atoms with Gasteiger partial charge in [-0.05, 0) is 61.8 Å². The van der Waals surface area contributed by atoms with Crippen molar-refractivity contribution in [1.82, 2.24) is 39.9 Å². The van der Waals surface area contributed by atoms with Crippen LogP contribution in [0.15, 0.2) is 30.5 Å². The number of amides is 3. The van der Waals surface area contributed by atoms with E-state index < -0.39 is 12.1 Å². The molecule has 0 radical (unpaired) electrons. The summed E-state index contributed by atoms with van der Waals surface area (Å²) in [5.41, 5.74) is 9.92. The van der Waals surface area contributed by atoms with E-state index in [-0.39, 0.29) is 36.5 Å². The molecule has 0 spiro atoms. The third kappa shape index (κ3) is 5.95. The number of benzene rings is 1. The molecule has 0 saturated carbocycles. The molecular weight excluding hydrogens is 498 g/mol. The molecule has 2 aliphatic heterocycles. The first-order valence-corrected chi connectivity index (χ1v) is 13.7. The topological polar surface area (TPSA) is 144 Å². The van der Waals surface area contributed by atoms with Gasteiger partial charge in [-0.2, -0.15) is 5.10 Å². The number of carbonyl (C=O) groups is 3. The smallest absolute Gasteiger partial charge is 0.243 e. The lowest BCUT2D eigenvalue weighted by Crippen LogP contribution is -2.51. The molecule has 1 aromatic carbocycles. The molecule has 4 heterocycles. The zero-order chi connectivity index (χ0) is 27.5. The number of nitrogens with zero attached hydrogens (tertiary/aromatic N) is 7. The number of fused-ring (bicyclic) bond motifs is 1. The molecule has 12 heteroatoms. The van der Waals surface area contributed by atoms with E-state index >= 15 is 0 Å². The van der Waals surface area contributed by atoms with Crippen molar-refractivity contribution in [2.75, 3.05) is 19.6 Å². The second-order valence-corrected chi connectivity index (χ2v) is 10.7. The molecule has 12 nitrogen and oxygen atoms in total. The van der Waals surface area contributed by atoms with Crippen LogP contribution in [0.5, 0.6) is 0 Å². The van der Waals surface area contributed by atoms with Crippen LogP contribution >= 0.6 is 0 Å². The van der Waals surface area contributed by atoms with E-state index in [1.165, 1.54) is 0 Å². The van der Waals surface area contributed by atoms with Gasteiger partial charge >= 0.3 is 0 Å². The van der Waals surface area contributed by atoms with E-state index in [0.29, 0.717) is 25.9 Å². The summed E-state index contributed by atoms with van der Waals surface area (Å²) in [6, 6.07) is 6.26. The van der Waals surface area contributed by atoms with Crippen LogP contribution in [-0.4, -0.2) is 84.0 Å². The minimum Gasteiger partial charge on any atom is -0.350 e. The van der Waals surface area contributed by atoms with E-state index in [2.05, 4.69) is 20.7 Å². The maximum absolute atomic E-state index is 13.5. The number of nitrogens with one attached hydrogen (secondary N) is 1. The zero-order valence-electron chi connectivity index (χ0n) is 22.6. The minimum absolute atomic E-state index is 0.0422. The van der Waals surface area contributed by atoms with E-state index in [1.807, 2.05) is 47.9 Å². The summed E-state index contributed by atoms with van der Waals surface area (Å²) < 4.78 is 3.52. The summed E-state index contributed by atoms with van der Waals surface area (Å²) in [7, 11) is 3.72. The van der Waals surface area contributed by atoms with Crippen molar-refractivity contribution in [3.05, 3.63) is 41.7 Å². The monoisotopic (exact) mass is 535 g/mol. The van der Waals surface area contributed by atoms with Gasteiger partial charge < -0.3 is 20.9 Å². The van der Waals surface area contributed by atoms with Gasteiger partial charge in [0.2, 0.25) is 17.7 Å². The summed E-state index contributed by atoms with van der Waals surface area (Å²) in [6.45, 7) is 2.29. The normalized spacial score (nSPS) is 20.1. The second-order valence-electron chi connectivity index (χ2n) is 10.7. The Bertz CT molecular complexity index is 1340. The van der Waals surface area contributed by atoms with E-state index in [1.54, 1.807) is 15.8 Å². The predicted octanol–water partition coefficient (Wildman–Crippen LogP) is 0.508. The molecule has 2 aromatic heterocycles. The van der Waals surface area contributed by atoms with Crippen LogP contribution in [0, 0.1) is 5.92 Å². The molecule has 39 heavy (non-hydrogen) atoms. The van der Waals surface area contributed by atoms with Crippen LogP contribution in [0.25, 0.3) is 11.0 Å². The third-order valence-corrected chi connectivity index (χ3v) is 7.98. The number of hydrogen-bond donors (Lipinski definition) is 2. The Morgan fingerprint density at radius 2 is 1.92 bits per heavy atom. The molecule has 2 fully saturated rings. The number of aryl methyl sites for hydroxylation is 2. The van der Waals surface area contributed by atoms with Gasteiger partial charge in [-0.15, -0.1) is 5.10 Å². The fourth-order valence-electron chi connectivity index (χ4n) is 5.70. The maximum atomic E-state index is 13.5. The summed E-state index contributed by atoms with van der Waals surface area (Å²) in [5, 5.41) is 15.4. The lowest BCUT2D eigenvalue weighted by molar-refractivity contribution is -0.140. The van der Waals surface area contributed by atoms with Gasteiger partial charge in [-0.1, -0.05) is 11.3 Å². The number of likely N-dealkylation sites (tertiary alicyclic amines) is 2. The van der Waals surface area contributed by atoms with Gasteiger partial charge in [0, 0.05) is 58.6 Å². The Balaban J connectivity index is 1.24. The molecule has 0 bridgehead atoms. The summed E-state index contributed by atoms with van der Waals surface area (Å²) >= 11 is 0. The molecule has 0 aliphatic carbocycles. The molecule has 3 N–H and O–H groups in total. The Labute approximate surface area is 227 Å². The average Bonchev–Trinajstić information content (AvgIpc) is 3.74. The molecule has 3 aromatic rings. The first kappa shape index (κ1) is 26.8. The minimum atomic E-state index is -0.832. The highest BCUT2D eigenvalue weighted by Gasteiger charge is 2.41. The zero-order valence-corrected chi connectivity index (χ0v) is 22.6. The Morgan fingerprint density at radius 1 is 1.13 bits per heavy atom. The summed E-state index contributed by atoms with van der Waals surface area (Å²) in [4.78, 5) is 42.9. The summed E-state index contributed by atoms with van der Waals surface area (Å²) in [6.07, 6.45) is 5.53. The number of carbonyl (C=O) groups excluding carboxylic acids is 3. The Hall–Kier alpha value is -3.80. The molecule has 2 aliphatic rings. The highest BCUT2D eigenvalue weighted by atomic mass is 16.2. The average molecular weight is 536 g/mol. The van der Waals surface area contributed by atoms with Crippen LogP contribution in [-0.2, 0) is 41.4 Å². The van der Waals surface area contributed by atoms with Crippen molar-refractivity contribution in [3.8, 4) is 0 Å². The van der Waals surface area contributed by atoms with Crippen LogP contribution in [0.2, 0.25) is 0 Å². The van der Waals surface area contributed by atoms with E-state index in [0.717, 1.165) is 48.2 Å². The first-order chi connectivity index (χ1) is 18.8. The Morgan fingerprint density at radius 3 is 2.67 bits per heavy atom. The van der Waals surface area contributed by atoms with Gasteiger partial charge in [0.05, 0.1) is 11.6 Å². The molecule has 5 rings (SSSR count). The van der Waals surface area contributed by atoms with Crippen LogP contribution < -0.4 is 11.1 Å². The molecule has 208 valence electrons. The fourth-order valence-corrected chi connectivity index (χ4v) is 5.70. The molecule has 3 unspecified atom stereocenters. The lowest BCUT2D eigenvalue weighted by atomic mass is 9.99. The number of aromatic nitrogens is 5. The fraction of sp³-hybridized carbons (Fsp3) is 0.556. The largest absolute Gasteiger partial charge is 0.350 e. The standard InChI is InChI=1S/C27H37N9O3/c1-33-20(9-10-30-33)13-19-15-24(26(38)29-16-18-5-7-23-22(14-18)31-32-34(23)2)36(17-19)27(39)21(28)6-8-25(37)35-11-3-4-12-35/h5,7,9-10,14,19,21,24H,3-4,6,8,11-13,15-17,28H2,1-2H3,(H,29,38).